The van der Waals surface area contributed by atoms with Gasteiger partial charge in [-0.15, -0.1) is 16.4 Å². The standard InChI is InChI=1S/C21H18N6O2S2/c1-14-6-8-15(9-7-14)26-21(22-24-25-26)31-13-20(28)27-17(18-4-2-10-29-18)12-16(23-27)19-5-3-11-30-19/h2-11,17H,12-13H2,1H3. The molecule has 1 aliphatic heterocycles. The van der Waals surface area contributed by atoms with E-state index >= 15 is 0 Å². The highest BCUT2D eigenvalue weighted by atomic mass is 32.2. The molecule has 1 amide bonds. The molecular formula is C21H18N6O2S2. The number of carbonyl (C=O) groups is 1. The number of rotatable bonds is 6. The maximum Gasteiger partial charge on any atom is 0.253 e. The van der Waals surface area contributed by atoms with Crippen molar-refractivity contribution in [3.8, 4) is 5.69 Å². The Balaban J connectivity index is 1.34. The van der Waals surface area contributed by atoms with Crippen molar-refractivity contribution < 1.29 is 9.21 Å². The summed E-state index contributed by atoms with van der Waals surface area (Å²) in [5, 5.41) is 20.6. The van der Waals surface area contributed by atoms with E-state index in [1.165, 1.54) is 16.8 Å². The van der Waals surface area contributed by atoms with Crippen molar-refractivity contribution in [3.05, 3.63) is 76.4 Å². The minimum absolute atomic E-state index is 0.128. The van der Waals surface area contributed by atoms with Crippen LogP contribution in [0, 0.1) is 6.92 Å². The van der Waals surface area contributed by atoms with Crippen molar-refractivity contribution in [1.82, 2.24) is 25.2 Å². The number of hydrazone groups is 1. The van der Waals surface area contributed by atoms with Gasteiger partial charge in [0.1, 0.15) is 11.8 Å². The van der Waals surface area contributed by atoms with Gasteiger partial charge in [-0.2, -0.15) is 9.78 Å². The van der Waals surface area contributed by atoms with Crippen LogP contribution in [0.25, 0.3) is 5.69 Å². The number of thioether (sulfide) groups is 1. The predicted octanol–water partition coefficient (Wildman–Crippen LogP) is 4.10. The molecule has 0 fully saturated rings. The van der Waals surface area contributed by atoms with E-state index in [-0.39, 0.29) is 17.7 Å². The minimum atomic E-state index is -0.256. The molecule has 10 heteroatoms. The molecule has 3 aromatic heterocycles. The molecule has 5 rings (SSSR count). The minimum Gasteiger partial charge on any atom is -0.467 e. The van der Waals surface area contributed by atoms with Gasteiger partial charge in [0.15, 0.2) is 0 Å². The number of hydrogen-bond donors (Lipinski definition) is 0. The number of nitrogens with zero attached hydrogens (tertiary/aromatic N) is 6. The maximum atomic E-state index is 13.1. The van der Waals surface area contributed by atoms with Gasteiger partial charge in [-0.3, -0.25) is 4.79 Å². The first-order chi connectivity index (χ1) is 15.2. The number of hydrogen-bond acceptors (Lipinski definition) is 8. The lowest BCUT2D eigenvalue weighted by Crippen LogP contribution is -2.28. The summed E-state index contributed by atoms with van der Waals surface area (Å²) in [6.07, 6.45) is 2.23. The van der Waals surface area contributed by atoms with Crippen LogP contribution in [0.2, 0.25) is 0 Å². The van der Waals surface area contributed by atoms with E-state index in [1.807, 2.05) is 60.8 Å². The van der Waals surface area contributed by atoms with Crippen LogP contribution in [-0.2, 0) is 4.79 Å². The Hall–Kier alpha value is -3.24. The third-order valence-electron chi connectivity index (χ3n) is 4.89. The predicted molar refractivity (Wildman–Crippen MR) is 118 cm³/mol. The highest BCUT2D eigenvalue weighted by Gasteiger charge is 2.35. The SMILES string of the molecule is Cc1ccc(-n2nnnc2SCC(=O)N2N=C(c3cccs3)CC2c2ccco2)cc1. The maximum absolute atomic E-state index is 13.1. The molecule has 1 aliphatic rings. The van der Waals surface area contributed by atoms with Gasteiger partial charge in [0.2, 0.25) is 5.16 Å². The van der Waals surface area contributed by atoms with Crippen molar-refractivity contribution >= 4 is 34.7 Å². The molecular weight excluding hydrogens is 432 g/mol. The fourth-order valence-corrected chi connectivity index (χ4v) is 4.81. The zero-order valence-electron chi connectivity index (χ0n) is 16.6. The summed E-state index contributed by atoms with van der Waals surface area (Å²) in [6, 6.07) is 15.3. The highest BCUT2D eigenvalue weighted by molar-refractivity contribution is 7.99. The Morgan fingerprint density at radius 2 is 2.10 bits per heavy atom. The van der Waals surface area contributed by atoms with E-state index in [4.69, 9.17) is 4.42 Å². The number of aromatic nitrogens is 4. The van der Waals surface area contributed by atoms with Crippen LogP contribution in [0.1, 0.15) is 28.7 Å². The fourth-order valence-electron chi connectivity index (χ4n) is 3.34. The molecule has 4 aromatic rings. The van der Waals surface area contributed by atoms with Gasteiger partial charge < -0.3 is 4.42 Å². The van der Waals surface area contributed by atoms with E-state index in [1.54, 1.807) is 22.3 Å². The first kappa shape index (κ1) is 19.7. The van der Waals surface area contributed by atoms with E-state index in [9.17, 15) is 4.79 Å². The molecule has 0 aliphatic carbocycles. The number of carbonyl (C=O) groups excluding carboxylic acids is 1. The smallest absolute Gasteiger partial charge is 0.253 e. The number of tetrazole rings is 1. The third-order valence-corrected chi connectivity index (χ3v) is 6.71. The van der Waals surface area contributed by atoms with Crippen molar-refractivity contribution in [2.75, 3.05) is 5.75 Å². The molecule has 0 bridgehead atoms. The Morgan fingerprint density at radius 1 is 1.23 bits per heavy atom. The summed E-state index contributed by atoms with van der Waals surface area (Å²) >= 11 is 2.89. The Labute approximate surface area is 186 Å². The summed E-state index contributed by atoms with van der Waals surface area (Å²) in [4.78, 5) is 14.2. The van der Waals surface area contributed by atoms with Gasteiger partial charge in [0, 0.05) is 6.42 Å². The van der Waals surface area contributed by atoms with Crippen molar-refractivity contribution in [2.45, 2.75) is 24.5 Å². The summed E-state index contributed by atoms with van der Waals surface area (Å²) in [5.74, 6) is 0.750. The first-order valence-corrected chi connectivity index (χ1v) is 11.5. The van der Waals surface area contributed by atoms with Gasteiger partial charge >= 0.3 is 0 Å². The average molecular weight is 451 g/mol. The zero-order valence-corrected chi connectivity index (χ0v) is 18.2. The quantitative estimate of drug-likeness (QED) is 0.411. The zero-order chi connectivity index (χ0) is 21.2. The number of thiophene rings is 1. The average Bonchev–Trinajstić information content (AvgIpc) is 3.58. The number of furan rings is 1. The third kappa shape index (κ3) is 4.04. The van der Waals surface area contributed by atoms with Crippen molar-refractivity contribution in [2.24, 2.45) is 5.10 Å². The van der Waals surface area contributed by atoms with Crippen LogP contribution in [0.3, 0.4) is 0 Å². The van der Waals surface area contributed by atoms with Gasteiger partial charge in [0.05, 0.1) is 28.3 Å². The second-order valence-corrected chi connectivity index (χ2v) is 8.89. The van der Waals surface area contributed by atoms with Gasteiger partial charge in [0.25, 0.3) is 5.91 Å². The molecule has 0 spiro atoms. The van der Waals surface area contributed by atoms with Gasteiger partial charge in [-0.05, 0) is 53.1 Å². The molecule has 0 N–H and O–H groups in total. The van der Waals surface area contributed by atoms with Crippen LogP contribution in [0.5, 0.6) is 0 Å². The lowest BCUT2D eigenvalue weighted by molar-refractivity contribution is -0.130. The van der Waals surface area contributed by atoms with Gasteiger partial charge in [-0.25, -0.2) is 5.01 Å². The second kappa shape index (κ2) is 8.48. The van der Waals surface area contributed by atoms with E-state index < -0.39 is 0 Å². The lowest BCUT2D eigenvalue weighted by atomic mass is 10.1. The largest absolute Gasteiger partial charge is 0.467 e. The molecule has 31 heavy (non-hydrogen) atoms. The van der Waals surface area contributed by atoms with Crippen LogP contribution in [-0.4, -0.2) is 42.6 Å². The summed E-state index contributed by atoms with van der Waals surface area (Å²) in [6.45, 7) is 2.02. The number of benzene rings is 1. The molecule has 0 saturated carbocycles. The molecule has 1 unspecified atom stereocenters. The molecule has 156 valence electrons. The Morgan fingerprint density at radius 3 is 2.84 bits per heavy atom. The monoisotopic (exact) mass is 450 g/mol. The summed E-state index contributed by atoms with van der Waals surface area (Å²) < 4.78 is 7.22. The summed E-state index contributed by atoms with van der Waals surface area (Å²) in [7, 11) is 0. The number of amides is 1. The normalized spacial score (nSPS) is 16.0. The van der Waals surface area contributed by atoms with Crippen molar-refractivity contribution in [1.29, 1.82) is 0 Å². The highest BCUT2D eigenvalue weighted by Crippen LogP contribution is 2.34. The molecule has 1 aromatic carbocycles. The van der Waals surface area contributed by atoms with Crippen LogP contribution in [0.4, 0.5) is 0 Å². The lowest BCUT2D eigenvalue weighted by Gasteiger charge is -2.19. The first-order valence-electron chi connectivity index (χ1n) is 9.64. The van der Waals surface area contributed by atoms with Crippen LogP contribution < -0.4 is 0 Å². The molecule has 8 nitrogen and oxygen atoms in total. The molecule has 4 heterocycles. The molecule has 0 radical (unpaired) electrons. The van der Waals surface area contributed by atoms with Crippen molar-refractivity contribution in [3.63, 3.8) is 0 Å². The van der Waals surface area contributed by atoms with Crippen LogP contribution >= 0.6 is 23.1 Å². The van der Waals surface area contributed by atoms with Gasteiger partial charge in [-0.1, -0.05) is 35.5 Å². The Kier molecular flexibility index (Phi) is 5.39. The second-order valence-electron chi connectivity index (χ2n) is 7.00. The van der Waals surface area contributed by atoms with Crippen LogP contribution in [0.15, 0.2) is 74.8 Å². The van der Waals surface area contributed by atoms with E-state index in [0.717, 1.165) is 27.6 Å². The number of aryl methyl sites for hydroxylation is 1. The van der Waals surface area contributed by atoms with E-state index in [0.29, 0.717) is 11.6 Å². The summed E-state index contributed by atoms with van der Waals surface area (Å²) in [5.41, 5.74) is 2.89. The molecule has 0 saturated heterocycles. The topological polar surface area (TPSA) is 89.4 Å². The van der Waals surface area contributed by atoms with E-state index in [2.05, 4.69) is 20.6 Å². The molecule has 1 atom stereocenters. The Bertz CT molecular complexity index is 1200. The fraction of sp³-hybridized carbons (Fsp3) is 0.190.